The smallest absolute Gasteiger partial charge is 0.276 e. The van der Waals surface area contributed by atoms with E-state index >= 15 is 0 Å². The summed E-state index contributed by atoms with van der Waals surface area (Å²) in [6.45, 7) is 4.89. The highest BCUT2D eigenvalue weighted by molar-refractivity contribution is 14.1. The second-order valence-corrected chi connectivity index (χ2v) is 9.69. The summed E-state index contributed by atoms with van der Waals surface area (Å²) in [5, 5.41) is 12.7. The number of aliphatic hydroxyl groups excluding tert-OH is 1. The molecule has 0 spiro atoms. The third-order valence-corrected chi connectivity index (χ3v) is 4.85. The summed E-state index contributed by atoms with van der Waals surface area (Å²) in [7, 11) is -3.42. The molecule has 0 amide bonds. The molecule has 0 fully saturated rings. The summed E-state index contributed by atoms with van der Waals surface area (Å²) in [4.78, 5) is 0. The highest BCUT2D eigenvalue weighted by atomic mass is 127. The first kappa shape index (κ1) is 19.2. The molecule has 0 aliphatic carbocycles. The topological polar surface area (TPSA) is 84.9 Å². The van der Waals surface area contributed by atoms with Gasteiger partial charge in [0.1, 0.15) is 23.0 Å². The van der Waals surface area contributed by atoms with Crippen molar-refractivity contribution >= 4 is 55.7 Å². The van der Waals surface area contributed by atoms with Gasteiger partial charge in [-0.15, -0.1) is 0 Å². The van der Waals surface area contributed by atoms with E-state index in [2.05, 4.69) is 30.4 Å². The largest absolute Gasteiger partial charge is 0.389 e. The Morgan fingerprint density at radius 2 is 2.06 bits per heavy atom. The molecule has 0 aromatic heterocycles. The van der Waals surface area contributed by atoms with Gasteiger partial charge in [0, 0.05) is 13.2 Å². The highest BCUT2D eigenvalue weighted by Gasteiger charge is 2.14. The van der Waals surface area contributed by atoms with Gasteiger partial charge in [-0.05, 0) is 20.3 Å². The van der Waals surface area contributed by atoms with Crippen molar-refractivity contribution in [2.45, 2.75) is 29.9 Å². The second kappa shape index (κ2) is 9.23. The van der Waals surface area contributed by atoms with Gasteiger partial charge < -0.3 is 15.2 Å². The zero-order chi connectivity index (χ0) is 14.2. The molecule has 0 aromatic carbocycles. The summed E-state index contributed by atoms with van der Waals surface area (Å²) in [5.41, 5.74) is 0. The molecule has 2 N–H and O–H groups in total. The Labute approximate surface area is 136 Å². The van der Waals surface area contributed by atoms with Crippen LogP contribution in [-0.4, -0.2) is 48.7 Å². The van der Waals surface area contributed by atoms with Gasteiger partial charge in [0.2, 0.25) is 0 Å². The summed E-state index contributed by atoms with van der Waals surface area (Å²) in [6, 6.07) is 0. The average Bonchev–Trinajstić information content (AvgIpc) is 2.25. The van der Waals surface area contributed by atoms with Gasteiger partial charge in [-0.25, -0.2) is 0 Å². The van der Waals surface area contributed by atoms with Crippen LogP contribution in [0.2, 0.25) is 0 Å². The third-order valence-electron chi connectivity index (χ3n) is 1.85. The number of halogens is 2. The van der Waals surface area contributed by atoms with Crippen LogP contribution in [0.4, 0.5) is 0 Å². The van der Waals surface area contributed by atoms with Crippen LogP contribution in [0.1, 0.15) is 20.3 Å². The third kappa shape index (κ3) is 12.3. The Morgan fingerprint density at radius 1 is 1.44 bits per heavy atom. The van der Waals surface area contributed by atoms with Crippen LogP contribution >= 0.6 is 45.6 Å². The number of hydrogen-bond acceptors (Lipinski definition) is 6. The summed E-state index contributed by atoms with van der Waals surface area (Å²) in [5.74, 6) is -0.0783. The number of rotatable bonds is 10. The molecule has 0 radical (unpaired) electrons. The molecule has 0 bridgehead atoms. The van der Waals surface area contributed by atoms with Crippen LogP contribution in [0.3, 0.4) is 0 Å². The second-order valence-electron chi connectivity index (χ2n) is 4.26. The number of hydrogen-bond donors (Lipinski definition) is 2. The first-order valence-electron chi connectivity index (χ1n) is 5.39. The van der Waals surface area contributed by atoms with Crippen molar-refractivity contribution in [3.63, 3.8) is 0 Å². The molecule has 0 aliphatic heterocycles. The monoisotopic (exact) mass is 507 g/mol. The van der Waals surface area contributed by atoms with Crippen molar-refractivity contribution in [2.75, 3.05) is 25.5 Å². The number of ether oxygens (including phenoxy) is 1. The van der Waals surface area contributed by atoms with Crippen molar-refractivity contribution in [1.82, 2.24) is 5.32 Å². The lowest BCUT2D eigenvalue weighted by atomic mass is 10.3. The Balaban J connectivity index is 3.55. The zero-order valence-electron chi connectivity index (χ0n) is 10.4. The molecule has 0 saturated heterocycles. The SMILES string of the molecule is CC(C)(I)NCC(O)COCCCS(=O)(=O)OI. The van der Waals surface area contributed by atoms with Gasteiger partial charge in [0.25, 0.3) is 10.1 Å². The van der Waals surface area contributed by atoms with E-state index in [1.54, 1.807) is 0 Å². The van der Waals surface area contributed by atoms with Crippen molar-refractivity contribution in [3.05, 3.63) is 0 Å². The van der Waals surface area contributed by atoms with Gasteiger partial charge in [0.15, 0.2) is 0 Å². The van der Waals surface area contributed by atoms with Crippen LogP contribution in [-0.2, 0) is 17.4 Å². The molecule has 0 aliphatic rings. The van der Waals surface area contributed by atoms with Crippen LogP contribution in [0.5, 0.6) is 0 Å². The maximum Gasteiger partial charge on any atom is 0.276 e. The molecule has 1 unspecified atom stereocenters. The van der Waals surface area contributed by atoms with Crippen molar-refractivity contribution in [3.8, 4) is 0 Å². The molecule has 0 rings (SSSR count). The van der Waals surface area contributed by atoms with E-state index in [9.17, 15) is 13.5 Å². The van der Waals surface area contributed by atoms with Crippen LogP contribution < -0.4 is 5.32 Å². The predicted molar refractivity (Wildman–Crippen MR) is 86.4 cm³/mol. The van der Waals surface area contributed by atoms with E-state index in [4.69, 9.17) is 4.74 Å². The van der Waals surface area contributed by atoms with Crippen molar-refractivity contribution in [1.29, 1.82) is 0 Å². The fourth-order valence-corrected chi connectivity index (χ4v) is 2.30. The van der Waals surface area contributed by atoms with Gasteiger partial charge in [-0.3, -0.25) is 0 Å². The quantitative estimate of drug-likeness (QED) is 0.200. The molecule has 18 heavy (non-hydrogen) atoms. The minimum Gasteiger partial charge on any atom is -0.389 e. The van der Waals surface area contributed by atoms with Gasteiger partial charge in [-0.1, -0.05) is 22.6 Å². The van der Waals surface area contributed by atoms with Crippen LogP contribution in [0.15, 0.2) is 0 Å². The Bertz CT molecular complexity index is 317. The molecular formula is C9H19I2NO5S. The molecule has 9 heteroatoms. The van der Waals surface area contributed by atoms with Crippen LogP contribution in [0, 0.1) is 0 Å². The summed E-state index contributed by atoms with van der Waals surface area (Å²) < 4.78 is 31.3. The fraction of sp³-hybridized carbons (Fsp3) is 1.00. The number of alkyl halides is 1. The standard InChI is InChI=1S/C9H19I2NO5S/c1-9(2,10)12-6-8(13)7-16-4-3-5-18(14,15)17-11/h8,12-13H,3-7H2,1-2H3. The molecule has 0 aromatic rings. The van der Waals surface area contributed by atoms with E-state index in [1.807, 2.05) is 13.8 Å². The normalized spacial score (nSPS) is 14.7. The van der Waals surface area contributed by atoms with E-state index in [0.29, 0.717) is 13.0 Å². The van der Waals surface area contributed by atoms with Crippen molar-refractivity contribution in [2.24, 2.45) is 0 Å². The zero-order valence-corrected chi connectivity index (χ0v) is 15.5. The molecular weight excluding hydrogens is 488 g/mol. The number of aliphatic hydroxyl groups is 1. The van der Waals surface area contributed by atoms with Gasteiger partial charge in [0.05, 0.1) is 22.0 Å². The molecule has 6 nitrogen and oxygen atoms in total. The van der Waals surface area contributed by atoms with Gasteiger partial charge in [-0.2, -0.15) is 10.9 Å². The van der Waals surface area contributed by atoms with Gasteiger partial charge >= 0.3 is 0 Å². The average molecular weight is 507 g/mol. The summed E-state index contributed by atoms with van der Waals surface area (Å²) >= 11 is 3.57. The minimum absolute atomic E-state index is 0.0783. The van der Waals surface area contributed by atoms with E-state index in [0.717, 1.165) is 0 Å². The lowest BCUT2D eigenvalue weighted by Gasteiger charge is -2.21. The van der Waals surface area contributed by atoms with E-state index in [1.165, 1.54) is 23.0 Å². The Kier molecular flexibility index (Phi) is 9.88. The first-order valence-corrected chi connectivity index (χ1v) is 8.92. The minimum atomic E-state index is -3.42. The maximum atomic E-state index is 11.0. The maximum absolute atomic E-state index is 11.0. The fourth-order valence-electron chi connectivity index (χ4n) is 1.01. The van der Waals surface area contributed by atoms with E-state index in [-0.39, 0.29) is 22.5 Å². The first-order chi connectivity index (χ1) is 8.16. The Morgan fingerprint density at radius 3 is 2.56 bits per heavy atom. The van der Waals surface area contributed by atoms with E-state index < -0.39 is 16.2 Å². The summed E-state index contributed by atoms with van der Waals surface area (Å²) in [6.07, 6.45) is -0.250. The molecule has 1 atom stereocenters. The lowest BCUT2D eigenvalue weighted by Crippen LogP contribution is -2.40. The highest BCUT2D eigenvalue weighted by Crippen LogP contribution is 2.11. The van der Waals surface area contributed by atoms with Crippen molar-refractivity contribution < 1.29 is 20.8 Å². The lowest BCUT2D eigenvalue weighted by molar-refractivity contribution is 0.0363. The Hall–Kier alpha value is 1.25. The predicted octanol–water partition coefficient (Wildman–Crippen LogP) is 1.21. The molecule has 0 saturated carbocycles. The molecule has 110 valence electrons. The van der Waals surface area contributed by atoms with Crippen LogP contribution in [0.25, 0.3) is 0 Å². The molecule has 0 heterocycles. The number of nitrogens with one attached hydrogen (secondary N) is 1.